The van der Waals surface area contributed by atoms with E-state index in [1.54, 1.807) is 12.1 Å². The Labute approximate surface area is 137 Å². The summed E-state index contributed by atoms with van der Waals surface area (Å²) in [7, 11) is -0.546. The molecule has 0 spiro atoms. The first-order valence-electron chi connectivity index (χ1n) is 7.44. The lowest BCUT2D eigenvalue weighted by molar-refractivity contribution is 0.00578. The van der Waals surface area contributed by atoms with E-state index < -0.39 is 18.3 Å². The third-order valence-corrected chi connectivity index (χ3v) is 4.44. The quantitative estimate of drug-likeness (QED) is 0.798. The fraction of sp³-hybridized carbons (Fsp3) is 0.562. The molecule has 22 heavy (non-hydrogen) atoms. The van der Waals surface area contributed by atoms with E-state index in [0.29, 0.717) is 22.9 Å². The van der Waals surface area contributed by atoms with Crippen molar-refractivity contribution in [1.82, 2.24) is 0 Å². The molecule has 1 saturated heterocycles. The van der Waals surface area contributed by atoms with Gasteiger partial charge in [-0.2, -0.15) is 5.26 Å². The van der Waals surface area contributed by atoms with Gasteiger partial charge in [-0.1, -0.05) is 18.5 Å². The van der Waals surface area contributed by atoms with Gasteiger partial charge in [-0.05, 0) is 51.7 Å². The summed E-state index contributed by atoms with van der Waals surface area (Å²) in [5.41, 5.74) is 0.248. The fourth-order valence-electron chi connectivity index (χ4n) is 2.16. The normalized spacial score (nSPS) is 19.0. The van der Waals surface area contributed by atoms with Crippen LogP contribution in [-0.2, 0) is 9.31 Å². The smallest absolute Gasteiger partial charge is 0.491 e. The lowest BCUT2D eigenvalue weighted by Crippen LogP contribution is -2.41. The summed E-state index contributed by atoms with van der Waals surface area (Å²) in [6.07, 6.45) is 0.847. The lowest BCUT2D eigenvalue weighted by Gasteiger charge is -2.32. The van der Waals surface area contributed by atoms with Crippen LogP contribution in [0.5, 0.6) is 5.75 Å². The van der Waals surface area contributed by atoms with Crippen LogP contribution in [0.4, 0.5) is 0 Å². The minimum Gasteiger partial charge on any atom is -0.491 e. The Kier molecular flexibility index (Phi) is 4.77. The highest BCUT2D eigenvalue weighted by atomic mass is 35.5. The Morgan fingerprint density at radius 2 is 1.82 bits per heavy atom. The number of hydrogen-bond donors (Lipinski definition) is 0. The second-order valence-electron chi connectivity index (χ2n) is 6.43. The number of nitrogens with zero attached hydrogens (tertiary/aromatic N) is 1. The second-order valence-corrected chi connectivity index (χ2v) is 6.84. The number of hydrogen-bond acceptors (Lipinski definition) is 4. The minimum absolute atomic E-state index is 0.394. The number of nitriles is 1. The number of rotatable bonds is 4. The van der Waals surface area contributed by atoms with E-state index in [-0.39, 0.29) is 0 Å². The SMILES string of the molecule is CCCOc1c(Cl)cc(B2OC(C)(C)C(C)(C)O2)cc1C#N. The first kappa shape index (κ1) is 17.1. The van der Waals surface area contributed by atoms with Crippen LogP contribution >= 0.6 is 11.6 Å². The summed E-state index contributed by atoms with van der Waals surface area (Å²) in [6, 6.07) is 5.60. The zero-order valence-corrected chi connectivity index (χ0v) is 14.5. The summed E-state index contributed by atoms with van der Waals surface area (Å²) in [5, 5.41) is 9.74. The molecule has 1 aromatic carbocycles. The second kappa shape index (κ2) is 6.12. The van der Waals surface area contributed by atoms with Crippen LogP contribution in [0.15, 0.2) is 12.1 Å². The first-order chi connectivity index (χ1) is 10.2. The van der Waals surface area contributed by atoms with Crippen LogP contribution in [0, 0.1) is 11.3 Å². The molecule has 0 amide bonds. The van der Waals surface area contributed by atoms with Gasteiger partial charge < -0.3 is 14.0 Å². The van der Waals surface area contributed by atoms with Crippen LogP contribution in [0.25, 0.3) is 0 Å². The molecule has 0 N–H and O–H groups in total. The van der Waals surface area contributed by atoms with Crippen molar-refractivity contribution in [3.05, 3.63) is 22.7 Å². The molecule has 1 aromatic rings. The number of ether oxygens (including phenoxy) is 1. The minimum atomic E-state index is -0.546. The highest BCUT2D eigenvalue weighted by Crippen LogP contribution is 2.37. The predicted molar refractivity (Wildman–Crippen MR) is 87.7 cm³/mol. The van der Waals surface area contributed by atoms with Crippen LogP contribution in [0.2, 0.25) is 5.02 Å². The molecule has 0 radical (unpaired) electrons. The molecular weight excluding hydrogens is 300 g/mol. The Morgan fingerprint density at radius 3 is 2.32 bits per heavy atom. The van der Waals surface area contributed by atoms with Crippen molar-refractivity contribution in [3.63, 3.8) is 0 Å². The molecule has 2 rings (SSSR count). The molecule has 0 atom stereocenters. The van der Waals surface area contributed by atoms with Crippen LogP contribution < -0.4 is 10.2 Å². The van der Waals surface area contributed by atoms with Crippen molar-refractivity contribution < 1.29 is 14.0 Å². The van der Waals surface area contributed by atoms with Gasteiger partial charge in [-0.3, -0.25) is 0 Å². The molecule has 4 nitrogen and oxygen atoms in total. The zero-order valence-electron chi connectivity index (χ0n) is 13.7. The molecule has 1 heterocycles. The van der Waals surface area contributed by atoms with Crippen molar-refractivity contribution in [1.29, 1.82) is 5.26 Å². The van der Waals surface area contributed by atoms with Crippen LogP contribution in [-0.4, -0.2) is 24.9 Å². The Bertz CT molecular complexity index is 594. The van der Waals surface area contributed by atoms with Crippen molar-refractivity contribution in [3.8, 4) is 11.8 Å². The molecule has 0 bridgehead atoms. The Balaban J connectivity index is 2.35. The van der Waals surface area contributed by atoms with E-state index in [9.17, 15) is 5.26 Å². The third kappa shape index (κ3) is 3.10. The molecule has 1 aliphatic heterocycles. The van der Waals surface area contributed by atoms with E-state index in [1.165, 1.54) is 0 Å². The van der Waals surface area contributed by atoms with Gasteiger partial charge >= 0.3 is 7.12 Å². The van der Waals surface area contributed by atoms with E-state index in [1.807, 2.05) is 34.6 Å². The average molecular weight is 322 g/mol. The highest BCUT2D eigenvalue weighted by molar-refractivity contribution is 6.62. The molecule has 6 heteroatoms. The van der Waals surface area contributed by atoms with Gasteiger partial charge in [-0.25, -0.2) is 0 Å². The average Bonchev–Trinajstić information content (AvgIpc) is 2.65. The molecule has 0 unspecified atom stereocenters. The predicted octanol–water partition coefficient (Wildman–Crippen LogP) is 3.30. The molecule has 0 aromatic heterocycles. The van der Waals surface area contributed by atoms with Gasteiger partial charge in [0.25, 0.3) is 0 Å². The van der Waals surface area contributed by atoms with E-state index in [2.05, 4.69) is 6.07 Å². The molecular formula is C16H21BClNO3. The van der Waals surface area contributed by atoms with Gasteiger partial charge in [0.1, 0.15) is 6.07 Å². The van der Waals surface area contributed by atoms with Gasteiger partial charge in [0.2, 0.25) is 0 Å². The molecule has 1 fully saturated rings. The molecule has 0 saturated carbocycles. The van der Waals surface area contributed by atoms with Crippen molar-refractivity contribution in [2.45, 2.75) is 52.2 Å². The van der Waals surface area contributed by atoms with Crippen LogP contribution in [0.3, 0.4) is 0 Å². The Morgan fingerprint density at radius 1 is 1.23 bits per heavy atom. The third-order valence-electron chi connectivity index (χ3n) is 4.16. The van der Waals surface area contributed by atoms with Crippen molar-refractivity contribution in [2.75, 3.05) is 6.61 Å². The summed E-state index contributed by atoms with van der Waals surface area (Å²) in [5.74, 6) is 0.422. The summed E-state index contributed by atoms with van der Waals surface area (Å²) >= 11 is 6.28. The molecule has 0 aliphatic carbocycles. The number of halogens is 1. The summed E-state index contributed by atoms with van der Waals surface area (Å²) in [6.45, 7) is 10.5. The molecule has 118 valence electrons. The van der Waals surface area contributed by atoms with Gasteiger partial charge in [0.05, 0.1) is 28.4 Å². The molecule has 1 aliphatic rings. The maximum absolute atomic E-state index is 9.34. The largest absolute Gasteiger partial charge is 0.494 e. The van der Waals surface area contributed by atoms with Crippen molar-refractivity contribution in [2.24, 2.45) is 0 Å². The topological polar surface area (TPSA) is 51.5 Å². The van der Waals surface area contributed by atoms with E-state index in [0.717, 1.165) is 11.9 Å². The van der Waals surface area contributed by atoms with E-state index >= 15 is 0 Å². The van der Waals surface area contributed by atoms with Gasteiger partial charge in [-0.15, -0.1) is 0 Å². The first-order valence-corrected chi connectivity index (χ1v) is 7.81. The Hall–Kier alpha value is -1.22. The van der Waals surface area contributed by atoms with Crippen molar-refractivity contribution >= 4 is 24.2 Å². The lowest BCUT2D eigenvalue weighted by atomic mass is 9.78. The van der Waals surface area contributed by atoms with Gasteiger partial charge in [0.15, 0.2) is 5.75 Å². The van der Waals surface area contributed by atoms with E-state index in [4.69, 9.17) is 25.6 Å². The number of benzene rings is 1. The monoisotopic (exact) mass is 321 g/mol. The maximum Gasteiger partial charge on any atom is 0.494 e. The standard InChI is InChI=1S/C16H21BClNO3/c1-6-7-20-14-11(10-19)8-12(9-13(14)18)17-21-15(2,3)16(4,5)22-17/h8-9H,6-7H2,1-5H3. The highest BCUT2D eigenvalue weighted by Gasteiger charge is 2.51. The van der Waals surface area contributed by atoms with Gasteiger partial charge in [0, 0.05) is 0 Å². The zero-order chi connectivity index (χ0) is 16.5. The van der Waals surface area contributed by atoms with Crippen LogP contribution in [0.1, 0.15) is 46.6 Å². The summed E-state index contributed by atoms with van der Waals surface area (Å²) < 4.78 is 17.6. The fourth-order valence-corrected chi connectivity index (χ4v) is 2.45. The summed E-state index contributed by atoms with van der Waals surface area (Å²) in [4.78, 5) is 0. The maximum atomic E-state index is 9.34.